The van der Waals surface area contributed by atoms with E-state index in [4.69, 9.17) is 0 Å². The minimum Gasteiger partial charge on any atom is -0.319 e. The molecule has 0 heterocycles. The zero-order valence-electron chi connectivity index (χ0n) is 15.4. The first-order chi connectivity index (χ1) is 13.2. The third kappa shape index (κ3) is 3.73. The molecule has 3 aromatic carbocycles. The van der Waals surface area contributed by atoms with Crippen molar-refractivity contribution in [2.75, 3.05) is 0 Å². The number of carbonyl (C=O) groups excluding carboxylic acids is 2. The van der Waals surface area contributed by atoms with Gasteiger partial charge in [-0.15, -0.1) is 0 Å². The molecular formula is C22H19O5P. The van der Waals surface area contributed by atoms with E-state index in [1.54, 1.807) is 55.5 Å². The van der Waals surface area contributed by atoms with Gasteiger partial charge in [0.15, 0.2) is 5.78 Å². The molecule has 28 heavy (non-hydrogen) atoms. The number of carbonyl (C=O) groups is 2. The molecule has 5 nitrogen and oxygen atoms in total. The van der Waals surface area contributed by atoms with E-state index in [9.17, 15) is 23.9 Å². The van der Waals surface area contributed by atoms with Crippen LogP contribution in [0.2, 0.25) is 0 Å². The van der Waals surface area contributed by atoms with Crippen LogP contribution in [0, 0.1) is 13.8 Å². The molecule has 0 amide bonds. The summed E-state index contributed by atoms with van der Waals surface area (Å²) < 4.78 is 11.7. The molecule has 0 unspecified atom stereocenters. The van der Waals surface area contributed by atoms with Crippen LogP contribution < -0.4 is 0 Å². The van der Waals surface area contributed by atoms with Gasteiger partial charge in [-0.2, -0.15) is 0 Å². The van der Waals surface area contributed by atoms with E-state index in [1.807, 2.05) is 19.1 Å². The van der Waals surface area contributed by atoms with Crippen LogP contribution in [-0.2, 0) is 4.57 Å². The molecule has 3 aromatic rings. The van der Waals surface area contributed by atoms with E-state index < -0.39 is 13.1 Å². The quantitative estimate of drug-likeness (QED) is 0.490. The molecule has 142 valence electrons. The second-order valence-electron chi connectivity index (χ2n) is 6.54. The molecule has 0 bridgehead atoms. The van der Waals surface area contributed by atoms with Gasteiger partial charge in [0.2, 0.25) is 0 Å². The molecule has 0 saturated heterocycles. The van der Waals surface area contributed by atoms with Crippen molar-refractivity contribution < 1.29 is 23.9 Å². The maximum absolute atomic E-state index is 13.4. The van der Waals surface area contributed by atoms with Crippen molar-refractivity contribution in [2.24, 2.45) is 0 Å². The highest BCUT2D eigenvalue weighted by molar-refractivity contribution is 7.70. The molecule has 0 aliphatic heterocycles. The first kappa shape index (κ1) is 19.9. The topological polar surface area (TPSA) is 91.7 Å². The van der Waals surface area contributed by atoms with Gasteiger partial charge >= 0.3 is 7.60 Å². The number of ketones is 1. The summed E-state index contributed by atoms with van der Waals surface area (Å²) >= 11 is 0. The Bertz CT molecular complexity index is 1110. The van der Waals surface area contributed by atoms with E-state index in [0.29, 0.717) is 16.7 Å². The van der Waals surface area contributed by atoms with Crippen LogP contribution in [0.5, 0.6) is 0 Å². The van der Waals surface area contributed by atoms with Crippen molar-refractivity contribution in [1.29, 1.82) is 0 Å². The van der Waals surface area contributed by atoms with E-state index in [2.05, 4.69) is 0 Å². The van der Waals surface area contributed by atoms with Crippen molar-refractivity contribution in [3.05, 3.63) is 94.5 Å². The number of hydrogen-bond donors (Lipinski definition) is 2. The van der Waals surface area contributed by atoms with Crippen molar-refractivity contribution in [2.45, 2.75) is 13.8 Å². The highest BCUT2D eigenvalue weighted by atomic mass is 31.2. The average Bonchev–Trinajstić information content (AvgIpc) is 2.67. The third-order valence-electron chi connectivity index (χ3n) is 4.59. The van der Waals surface area contributed by atoms with Gasteiger partial charge in [-0.1, -0.05) is 60.7 Å². The number of rotatable bonds is 5. The first-order valence-electron chi connectivity index (χ1n) is 8.61. The Labute approximate surface area is 162 Å². The Hall–Kier alpha value is -2.85. The van der Waals surface area contributed by atoms with Crippen molar-refractivity contribution in [3.63, 3.8) is 0 Å². The molecule has 0 aromatic heterocycles. The highest BCUT2D eigenvalue weighted by Gasteiger charge is 2.32. The summed E-state index contributed by atoms with van der Waals surface area (Å²) in [6, 6.07) is 18.7. The smallest absolute Gasteiger partial charge is 0.319 e. The molecule has 0 fully saturated rings. The van der Waals surface area contributed by atoms with Crippen molar-refractivity contribution in [1.82, 2.24) is 0 Å². The van der Waals surface area contributed by atoms with Gasteiger partial charge in [0.05, 0.1) is 0 Å². The lowest BCUT2D eigenvalue weighted by Gasteiger charge is -2.17. The molecule has 0 aliphatic carbocycles. The fourth-order valence-electron chi connectivity index (χ4n) is 3.20. The summed E-state index contributed by atoms with van der Waals surface area (Å²) in [6.07, 6.45) is 0. The normalized spacial score (nSPS) is 11.3. The van der Waals surface area contributed by atoms with Crippen LogP contribution >= 0.6 is 7.60 Å². The highest BCUT2D eigenvalue weighted by Crippen LogP contribution is 2.43. The van der Waals surface area contributed by atoms with Crippen LogP contribution in [0.15, 0.2) is 66.7 Å². The van der Waals surface area contributed by atoms with Gasteiger partial charge in [0, 0.05) is 22.3 Å². The van der Waals surface area contributed by atoms with E-state index in [0.717, 1.165) is 5.56 Å². The van der Waals surface area contributed by atoms with Crippen LogP contribution in [0.4, 0.5) is 0 Å². The van der Waals surface area contributed by atoms with Crippen LogP contribution in [0.3, 0.4) is 0 Å². The predicted octanol–water partition coefficient (Wildman–Crippen LogP) is 4.52. The molecule has 3 rings (SSSR count). The summed E-state index contributed by atoms with van der Waals surface area (Å²) in [5.41, 5.74) is 1.45. The lowest BCUT2D eigenvalue weighted by Crippen LogP contribution is -2.12. The van der Waals surface area contributed by atoms with E-state index >= 15 is 0 Å². The SMILES string of the molecule is Cc1ccccc1C(=O)c1c(C)ccc(C(=O)P(=O)(O)O)c1-c1ccccc1. The summed E-state index contributed by atoms with van der Waals surface area (Å²) in [7, 11) is -5.02. The minimum absolute atomic E-state index is 0.165. The lowest BCUT2D eigenvalue weighted by atomic mass is 9.86. The first-order valence-corrected chi connectivity index (χ1v) is 10.2. The minimum atomic E-state index is -5.02. The zero-order valence-corrected chi connectivity index (χ0v) is 16.3. The van der Waals surface area contributed by atoms with Crippen LogP contribution in [0.1, 0.15) is 37.4 Å². The summed E-state index contributed by atoms with van der Waals surface area (Å²) in [5.74, 6) is -0.296. The number of aryl methyl sites for hydroxylation is 2. The second-order valence-corrected chi connectivity index (χ2v) is 8.03. The lowest BCUT2D eigenvalue weighted by molar-refractivity contribution is 0.103. The maximum atomic E-state index is 13.4. The molecule has 2 N–H and O–H groups in total. The monoisotopic (exact) mass is 394 g/mol. The molecule has 6 heteroatoms. The van der Waals surface area contributed by atoms with Gasteiger partial charge in [0.25, 0.3) is 5.52 Å². The largest absolute Gasteiger partial charge is 0.396 e. The average molecular weight is 394 g/mol. The maximum Gasteiger partial charge on any atom is 0.396 e. The fraction of sp³-hybridized carbons (Fsp3) is 0.0909. The molecule has 0 radical (unpaired) electrons. The molecule has 0 atom stereocenters. The molecule has 0 spiro atoms. The molecule has 0 aliphatic rings. The third-order valence-corrected chi connectivity index (χ3v) is 5.36. The van der Waals surface area contributed by atoms with Gasteiger partial charge in [-0.25, -0.2) is 0 Å². The summed E-state index contributed by atoms with van der Waals surface area (Å²) in [6.45, 7) is 3.55. The molecule has 0 saturated carbocycles. The Balaban J connectivity index is 2.37. The number of benzene rings is 3. The predicted molar refractivity (Wildman–Crippen MR) is 108 cm³/mol. The fourth-order valence-corrected chi connectivity index (χ4v) is 3.70. The Morgan fingerprint density at radius 1 is 0.750 bits per heavy atom. The molecular weight excluding hydrogens is 375 g/mol. The van der Waals surface area contributed by atoms with Crippen molar-refractivity contribution in [3.8, 4) is 11.1 Å². The second kappa shape index (κ2) is 7.64. The van der Waals surface area contributed by atoms with Gasteiger partial charge < -0.3 is 9.79 Å². The summed E-state index contributed by atoms with van der Waals surface area (Å²) in [4.78, 5) is 44.8. The van der Waals surface area contributed by atoms with Gasteiger partial charge in [-0.3, -0.25) is 14.2 Å². The van der Waals surface area contributed by atoms with Gasteiger partial charge in [-0.05, 0) is 36.6 Å². The number of hydrogen-bond acceptors (Lipinski definition) is 3. The van der Waals surface area contributed by atoms with Crippen LogP contribution in [-0.4, -0.2) is 21.1 Å². The zero-order chi connectivity index (χ0) is 20.5. The van der Waals surface area contributed by atoms with Crippen molar-refractivity contribution >= 4 is 18.9 Å². The van der Waals surface area contributed by atoms with Crippen LogP contribution in [0.25, 0.3) is 11.1 Å². The van der Waals surface area contributed by atoms with Gasteiger partial charge in [0.1, 0.15) is 0 Å². The Kier molecular flexibility index (Phi) is 5.43. The van der Waals surface area contributed by atoms with E-state index in [1.165, 1.54) is 6.07 Å². The standard InChI is InChI=1S/C22H19O5P/c1-14-8-6-7-11-17(14)21(23)19-15(2)12-13-18(22(24)28(25,26)27)20(19)16-9-4-3-5-10-16/h3-13H,1-2H3,(H2,25,26,27). The Morgan fingerprint density at radius 3 is 1.96 bits per heavy atom. The van der Waals surface area contributed by atoms with E-state index in [-0.39, 0.29) is 22.5 Å². The Morgan fingerprint density at radius 2 is 1.36 bits per heavy atom. The summed E-state index contributed by atoms with van der Waals surface area (Å²) in [5, 5.41) is 0.